The molecule has 0 spiro atoms. The van der Waals surface area contributed by atoms with Gasteiger partial charge in [0.15, 0.2) is 0 Å². The monoisotopic (exact) mass is 327 g/mol. The lowest BCUT2D eigenvalue weighted by Crippen LogP contribution is -2.17. The summed E-state index contributed by atoms with van der Waals surface area (Å²) in [5.41, 5.74) is 0.197. The van der Waals surface area contributed by atoms with Crippen LogP contribution in [0.4, 0.5) is 28.0 Å². The van der Waals surface area contributed by atoms with Crippen LogP contribution in [0.1, 0.15) is 17.3 Å². The zero-order valence-corrected chi connectivity index (χ0v) is 11.8. The summed E-state index contributed by atoms with van der Waals surface area (Å²) in [6.45, 7) is 0.0145. The van der Waals surface area contributed by atoms with Gasteiger partial charge in [-0.15, -0.1) is 0 Å². The van der Waals surface area contributed by atoms with Crippen molar-refractivity contribution in [3.05, 3.63) is 65.7 Å². The van der Waals surface area contributed by atoms with Gasteiger partial charge in [-0.1, -0.05) is 42.5 Å². The van der Waals surface area contributed by atoms with Crippen molar-refractivity contribution in [2.24, 2.45) is 0 Å². The number of nitrogens with one attached hydrogen (secondary N) is 1. The Morgan fingerprint density at radius 2 is 1.78 bits per heavy atom. The van der Waals surface area contributed by atoms with Crippen molar-refractivity contribution in [1.29, 1.82) is 0 Å². The van der Waals surface area contributed by atoms with E-state index in [0.717, 1.165) is 17.7 Å². The summed E-state index contributed by atoms with van der Waals surface area (Å²) < 4.78 is 55.2. The van der Waals surface area contributed by atoms with Crippen molar-refractivity contribution in [3.8, 4) is 0 Å². The Labute approximate surface area is 129 Å². The van der Waals surface area contributed by atoms with E-state index < -0.39 is 24.0 Å². The summed E-state index contributed by atoms with van der Waals surface area (Å²) >= 11 is 0. The van der Waals surface area contributed by atoms with Crippen LogP contribution in [0.15, 0.2) is 54.6 Å². The predicted molar refractivity (Wildman–Crippen MR) is 76.6 cm³/mol. The number of ether oxygens (including phenoxy) is 1. The maximum atomic E-state index is 13.3. The third kappa shape index (κ3) is 4.98. The number of amides is 1. The molecule has 0 saturated heterocycles. The molecule has 1 unspecified atom stereocenters. The first-order valence-electron chi connectivity index (χ1n) is 6.65. The second-order valence-corrected chi connectivity index (χ2v) is 4.72. The lowest BCUT2D eigenvalue weighted by Gasteiger charge is -2.14. The minimum Gasteiger partial charge on any atom is -0.444 e. The van der Waals surface area contributed by atoms with E-state index in [1.807, 2.05) is 6.07 Å². The molecule has 1 N–H and O–H groups in total. The van der Waals surface area contributed by atoms with Gasteiger partial charge < -0.3 is 4.74 Å². The van der Waals surface area contributed by atoms with Gasteiger partial charge in [-0.25, -0.2) is 9.18 Å². The van der Waals surface area contributed by atoms with Crippen LogP contribution in [0, 0.1) is 0 Å². The van der Waals surface area contributed by atoms with Gasteiger partial charge in [0, 0.05) is 5.69 Å². The highest BCUT2D eigenvalue weighted by Crippen LogP contribution is 2.36. The summed E-state index contributed by atoms with van der Waals surface area (Å²) in [7, 11) is 0. The van der Waals surface area contributed by atoms with E-state index in [9.17, 15) is 22.4 Å². The Morgan fingerprint density at radius 3 is 2.43 bits per heavy atom. The highest BCUT2D eigenvalue weighted by atomic mass is 19.4. The topological polar surface area (TPSA) is 38.3 Å². The number of hydrogen-bond donors (Lipinski definition) is 1. The van der Waals surface area contributed by atoms with E-state index in [-0.39, 0.29) is 12.3 Å². The van der Waals surface area contributed by atoms with Gasteiger partial charge in [0.25, 0.3) is 0 Å². The van der Waals surface area contributed by atoms with Crippen molar-refractivity contribution in [2.75, 3.05) is 5.32 Å². The third-order valence-corrected chi connectivity index (χ3v) is 2.93. The minimum absolute atomic E-state index is 0.0145. The zero-order valence-electron chi connectivity index (χ0n) is 11.8. The standard InChI is InChI=1S/C16H13F4NO2/c17-14(16(18,19)20)12-7-4-8-13(9-12)21-15(22)23-10-11-5-2-1-3-6-11/h1-9,14H,10H2,(H,21,22). The maximum absolute atomic E-state index is 13.3. The minimum atomic E-state index is -4.99. The van der Waals surface area contributed by atoms with E-state index in [4.69, 9.17) is 4.74 Å². The lowest BCUT2D eigenvalue weighted by molar-refractivity contribution is -0.182. The molecule has 122 valence electrons. The lowest BCUT2D eigenvalue weighted by atomic mass is 10.1. The first-order valence-corrected chi connectivity index (χ1v) is 6.65. The molecular formula is C16H13F4NO2. The molecule has 0 aliphatic heterocycles. The van der Waals surface area contributed by atoms with Crippen LogP contribution in [-0.4, -0.2) is 12.3 Å². The number of carbonyl (C=O) groups excluding carboxylic acids is 1. The molecule has 2 aromatic carbocycles. The average Bonchev–Trinajstić information content (AvgIpc) is 2.52. The average molecular weight is 327 g/mol. The molecule has 2 rings (SSSR count). The predicted octanol–water partition coefficient (Wildman–Crippen LogP) is 5.01. The maximum Gasteiger partial charge on any atom is 0.423 e. The summed E-state index contributed by atoms with van der Waals surface area (Å²) in [4.78, 5) is 11.6. The fraction of sp³-hybridized carbons (Fsp3) is 0.188. The Bertz CT molecular complexity index is 659. The van der Waals surface area contributed by atoms with Crippen LogP contribution in [0.25, 0.3) is 0 Å². The molecule has 0 radical (unpaired) electrons. The molecule has 0 aliphatic carbocycles. The van der Waals surface area contributed by atoms with Gasteiger partial charge in [-0.3, -0.25) is 5.32 Å². The van der Waals surface area contributed by atoms with Crippen molar-refractivity contribution in [1.82, 2.24) is 0 Å². The largest absolute Gasteiger partial charge is 0.444 e. The van der Waals surface area contributed by atoms with Crippen LogP contribution in [0.5, 0.6) is 0 Å². The molecular weight excluding hydrogens is 314 g/mol. The summed E-state index contributed by atoms with van der Waals surface area (Å²) in [6.07, 6.45) is -8.94. The number of halogens is 4. The number of carbonyl (C=O) groups is 1. The molecule has 1 amide bonds. The van der Waals surface area contributed by atoms with Gasteiger partial charge in [0.1, 0.15) is 6.61 Å². The number of anilines is 1. The van der Waals surface area contributed by atoms with Crippen LogP contribution in [0.2, 0.25) is 0 Å². The third-order valence-electron chi connectivity index (χ3n) is 2.93. The molecule has 0 aromatic heterocycles. The first-order chi connectivity index (χ1) is 10.9. The van der Waals surface area contributed by atoms with Crippen LogP contribution in [-0.2, 0) is 11.3 Å². The van der Waals surface area contributed by atoms with Crippen LogP contribution < -0.4 is 5.32 Å². The van der Waals surface area contributed by atoms with E-state index in [2.05, 4.69) is 5.32 Å². The molecule has 0 bridgehead atoms. The summed E-state index contributed by atoms with van der Waals surface area (Å²) in [5.74, 6) is 0. The highest BCUT2D eigenvalue weighted by Gasteiger charge is 2.41. The number of rotatable bonds is 4. The van der Waals surface area contributed by atoms with E-state index in [1.54, 1.807) is 24.3 Å². The Hall–Kier alpha value is -2.57. The summed E-state index contributed by atoms with van der Waals surface area (Å²) in [6, 6.07) is 13.4. The van der Waals surface area contributed by atoms with E-state index in [0.29, 0.717) is 0 Å². The van der Waals surface area contributed by atoms with Gasteiger partial charge in [-0.2, -0.15) is 13.2 Å². The van der Waals surface area contributed by atoms with Crippen molar-refractivity contribution >= 4 is 11.8 Å². The molecule has 3 nitrogen and oxygen atoms in total. The van der Waals surface area contributed by atoms with Gasteiger partial charge in [0.2, 0.25) is 6.17 Å². The SMILES string of the molecule is O=C(Nc1cccc(C(F)C(F)(F)F)c1)OCc1ccccc1. The Balaban J connectivity index is 1.96. The quantitative estimate of drug-likeness (QED) is 0.802. The van der Waals surface area contributed by atoms with E-state index >= 15 is 0 Å². The molecule has 1 atom stereocenters. The number of benzene rings is 2. The Morgan fingerprint density at radius 1 is 1.09 bits per heavy atom. The first kappa shape index (κ1) is 16.8. The normalized spacial score (nSPS) is 12.5. The molecule has 2 aromatic rings. The van der Waals surface area contributed by atoms with Gasteiger partial charge in [-0.05, 0) is 23.3 Å². The fourth-order valence-corrected chi connectivity index (χ4v) is 1.84. The fourth-order valence-electron chi connectivity index (χ4n) is 1.84. The number of hydrogen-bond acceptors (Lipinski definition) is 2. The van der Waals surface area contributed by atoms with Crippen LogP contribution in [0.3, 0.4) is 0 Å². The molecule has 0 aliphatic rings. The highest BCUT2D eigenvalue weighted by molar-refractivity contribution is 5.84. The summed E-state index contributed by atoms with van der Waals surface area (Å²) in [5, 5.41) is 2.26. The van der Waals surface area contributed by atoms with Gasteiger partial charge in [0.05, 0.1) is 0 Å². The second-order valence-electron chi connectivity index (χ2n) is 4.72. The number of alkyl halides is 4. The van der Waals surface area contributed by atoms with Crippen molar-refractivity contribution < 1.29 is 27.1 Å². The zero-order chi connectivity index (χ0) is 16.9. The Kier molecular flexibility index (Phi) is 5.20. The molecule has 7 heteroatoms. The van der Waals surface area contributed by atoms with Gasteiger partial charge >= 0.3 is 12.3 Å². The van der Waals surface area contributed by atoms with Crippen molar-refractivity contribution in [2.45, 2.75) is 19.0 Å². The molecule has 0 heterocycles. The molecule has 0 saturated carbocycles. The van der Waals surface area contributed by atoms with E-state index in [1.165, 1.54) is 12.1 Å². The molecule has 0 fully saturated rings. The van der Waals surface area contributed by atoms with Crippen molar-refractivity contribution in [3.63, 3.8) is 0 Å². The second kappa shape index (κ2) is 7.13. The molecule has 23 heavy (non-hydrogen) atoms. The van der Waals surface area contributed by atoms with Crippen LogP contribution >= 0.6 is 0 Å². The smallest absolute Gasteiger partial charge is 0.423 e.